The highest BCUT2D eigenvalue weighted by molar-refractivity contribution is 5.44. The van der Waals surface area contributed by atoms with Gasteiger partial charge in [-0.15, -0.1) is 0 Å². The maximum atomic E-state index is 13.4. The number of nitrogens with zero attached hydrogens (tertiary/aromatic N) is 3. The predicted molar refractivity (Wildman–Crippen MR) is 62.2 cm³/mol. The molecule has 0 N–H and O–H groups in total. The molecule has 2 aromatic rings. The normalized spacial score (nSPS) is 11.6. The molecule has 4 nitrogen and oxygen atoms in total. The van der Waals surface area contributed by atoms with E-state index in [1.165, 1.54) is 12.1 Å². The Labute approximate surface area is 104 Å². The molecule has 0 aliphatic rings. The average Bonchev–Trinajstić information content (AvgIpc) is 2.40. The van der Waals surface area contributed by atoms with Crippen molar-refractivity contribution in [2.75, 3.05) is 0 Å². The third kappa shape index (κ3) is 2.43. The van der Waals surface area contributed by atoms with Crippen molar-refractivity contribution in [2.24, 2.45) is 0 Å². The van der Waals surface area contributed by atoms with Crippen LogP contribution in [-0.2, 0) is 0 Å². The Balaban J connectivity index is 2.25. The fraction of sp³-hybridized carbons (Fsp3) is 0.154. The fourth-order valence-electron chi connectivity index (χ4n) is 1.48. The quantitative estimate of drug-likeness (QED) is 0.831. The second-order valence-corrected chi connectivity index (χ2v) is 3.62. The van der Waals surface area contributed by atoms with Crippen molar-refractivity contribution in [2.45, 2.75) is 13.0 Å². The highest BCUT2D eigenvalue weighted by Gasteiger charge is 2.14. The van der Waals surface area contributed by atoms with Gasteiger partial charge in [-0.3, -0.25) is 9.97 Å². The van der Waals surface area contributed by atoms with Crippen LogP contribution >= 0.6 is 0 Å². The molecule has 0 fully saturated rings. The summed E-state index contributed by atoms with van der Waals surface area (Å²) < 4.78 is 18.9. The van der Waals surface area contributed by atoms with E-state index in [9.17, 15) is 4.39 Å². The van der Waals surface area contributed by atoms with Crippen molar-refractivity contribution in [3.63, 3.8) is 0 Å². The van der Waals surface area contributed by atoms with Crippen LogP contribution in [0.2, 0.25) is 0 Å². The first-order valence-electron chi connectivity index (χ1n) is 5.33. The van der Waals surface area contributed by atoms with Crippen molar-refractivity contribution in [1.82, 2.24) is 9.97 Å². The van der Waals surface area contributed by atoms with Gasteiger partial charge in [0, 0.05) is 12.4 Å². The van der Waals surface area contributed by atoms with Gasteiger partial charge < -0.3 is 4.74 Å². The SMILES string of the molecule is CC(Oc1cccc(F)c1C#N)c1cnccn1. The van der Waals surface area contributed by atoms with Crippen molar-refractivity contribution in [3.8, 4) is 11.8 Å². The maximum absolute atomic E-state index is 13.4. The Bertz CT molecular complexity index is 581. The summed E-state index contributed by atoms with van der Waals surface area (Å²) in [5.41, 5.74) is 0.513. The molecule has 0 saturated heterocycles. The third-order valence-corrected chi connectivity index (χ3v) is 2.39. The minimum Gasteiger partial charge on any atom is -0.483 e. The van der Waals surface area contributed by atoms with Gasteiger partial charge in [0.2, 0.25) is 0 Å². The molecule has 1 unspecified atom stereocenters. The molecule has 5 heteroatoms. The van der Waals surface area contributed by atoms with Crippen LogP contribution in [0.15, 0.2) is 36.8 Å². The summed E-state index contributed by atoms with van der Waals surface area (Å²) in [5.74, 6) is -0.392. The fourth-order valence-corrected chi connectivity index (χ4v) is 1.48. The zero-order valence-corrected chi connectivity index (χ0v) is 9.67. The van der Waals surface area contributed by atoms with E-state index < -0.39 is 11.9 Å². The lowest BCUT2D eigenvalue weighted by Gasteiger charge is -2.14. The van der Waals surface area contributed by atoms with Gasteiger partial charge in [-0.25, -0.2) is 4.39 Å². The van der Waals surface area contributed by atoms with Crippen LogP contribution in [0.1, 0.15) is 24.3 Å². The molecule has 0 aliphatic heterocycles. The molecule has 0 bridgehead atoms. The van der Waals surface area contributed by atoms with Gasteiger partial charge in [0.1, 0.15) is 29.3 Å². The van der Waals surface area contributed by atoms with E-state index in [2.05, 4.69) is 9.97 Å². The lowest BCUT2D eigenvalue weighted by atomic mass is 10.2. The molecular formula is C13H10FN3O. The summed E-state index contributed by atoms with van der Waals surface area (Å²) in [4.78, 5) is 8.01. The van der Waals surface area contributed by atoms with Crippen LogP contribution < -0.4 is 4.74 Å². The Morgan fingerprint density at radius 1 is 1.39 bits per heavy atom. The van der Waals surface area contributed by atoms with Gasteiger partial charge in [0.05, 0.1) is 11.9 Å². The lowest BCUT2D eigenvalue weighted by molar-refractivity contribution is 0.219. The molecule has 1 atom stereocenters. The van der Waals surface area contributed by atoms with Crippen LogP contribution in [-0.4, -0.2) is 9.97 Å². The van der Waals surface area contributed by atoms with E-state index in [4.69, 9.17) is 10.00 Å². The number of hydrogen-bond acceptors (Lipinski definition) is 4. The highest BCUT2D eigenvalue weighted by atomic mass is 19.1. The molecule has 18 heavy (non-hydrogen) atoms. The van der Waals surface area contributed by atoms with Crippen LogP contribution in [0, 0.1) is 17.1 Å². The summed E-state index contributed by atoms with van der Waals surface area (Å²) in [6.07, 6.45) is 4.26. The molecule has 0 radical (unpaired) electrons. The third-order valence-electron chi connectivity index (χ3n) is 2.39. The van der Waals surface area contributed by atoms with Gasteiger partial charge in [0.25, 0.3) is 0 Å². The molecule has 2 rings (SSSR count). The average molecular weight is 243 g/mol. The molecule has 1 heterocycles. The zero-order chi connectivity index (χ0) is 13.0. The van der Waals surface area contributed by atoms with E-state index in [1.54, 1.807) is 37.6 Å². The molecule has 1 aromatic carbocycles. The zero-order valence-electron chi connectivity index (χ0n) is 9.67. The summed E-state index contributed by atoms with van der Waals surface area (Å²) >= 11 is 0. The number of hydrogen-bond donors (Lipinski definition) is 0. The Hall–Kier alpha value is -2.48. The van der Waals surface area contributed by atoms with E-state index in [0.717, 1.165) is 0 Å². The predicted octanol–water partition coefficient (Wildman–Crippen LogP) is 2.63. The number of halogens is 1. The first-order chi connectivity index (χ1) is 8.72. The maximum Gasteiger partial charge on any atom is 0.144 e. The standard InChI is InChI=1S/C13H10FN3O/c1-9(12-8-16-5-6-17-12)18-13-4-2-3-11(14)10(13)7-15/h2-6,8-9H,1H3. The van der Waals surface area contributed by atoms with E-state index in [0.29, 0.717) is 5.69 Å². The van der Waals surface area contributed by atoms with Gasteiger partial charge in [-0.2, -0.15) is 5.26 Å². The van der Waals surface area contributed by atoms with E-state index in [-0.39, 0.29) is 11.3 Å². The van der Waals surface area contributed by atoms with Gasteiger partial charge in [0.15, 0.2) is 0 Å². The minimum absolute atomic E-state index is 0.103. The largest absolute Gasteiger partial charge is 0.483 e. The molecule has 1 aromatic heterocycles. The highest BCUT2D eigenvalue weighted by Crippen LogP contribution is 2.25. The van der Waals surface area contributed by atoms with Crippen LogP contribution in [0.3, 0.4) is 0 Å². The number of aromatic nitrogens is 2. The summed E-state index contributed by atoms with van der Waals surface area (Å²) in [5, 5.41) is 8.88. The first kappa shape index (κ1) is 12.0. The van der Waals surface area contributed by atoms with Gasteiger partial charge in [-0.05, 0) is 19.1 Å². The lowest BCUT2D eigenvalue weighted by Crippen LogP contribution is -2.07. The summed E-state index contributed by atoms with van der Waals surface area (Å²) in [6.45, 7) is 1.76. The molecular weight excluding hydrogens is 233 g/mol. The monoisotopic (exact) mass is 243 g/mol. The molecule has 0 saturated carbocycles. The molecule has 0 aliphatic carbocycles. The number of nitriles is 1. The smallest absolute Gasteiger partial charge is 0.144 e. The Morgan fingerprint density at radius 2 is 2.22 bits per heavy atom. The molecule has 90 valence electrons. The Morgan fingerprint density at radius 3 is 2.89 bits per heavy atom. The van der Waals surface area contributed by atoms with Crippen molar-refractivity contribution in [3.05, 3.63) is 53.9 Å². The van der Waals surface area contributed by atoms with E-state index >= 15 is 0 Å². The first-order valence-corrected chi connectivity index (χ1v) is 5.33. The number of ether oxygens (including phenoxy) is 1. The van der Waals surface area contributed by atoms with Crippen molar-refractivity contribution < 1.29 is 9.13 Å². The number of benzene rings is 1. The second-order valence-electron chi connectivity index (χ2n) is 3.62. The van der Waals surface area contributed by atoms with Crippen molar-refractivity contribution >= 4 is 0 Å². The van der Waals surface area contributed by atoms with Crippen LogP contribution in [0.25, 0.3) is 0 Å². The Kier molecular flexibility index (Phi) is 3.49. The van der Waals surface area contributed by atoms with Crippen molar-refractivity contribution in [1.29, 1.82) is 5.26 Å². The van der Waals surface area contributed by atoms with Gasteiger partial charge >= 0.3 is 0 Å². The topological polar surface area (TPSA) is 58.8 Å². The summed E-state index contributed by atoms with van der Waals surface area (Å²) in [7, 11) is 0. The molecule has 0 spiro atoms. The van der Waals surface area contributed by atoms with E-state index in [1.807, 2.05) is 0 Å². The summed E-state index contributed by atoms with van der Waals surface area (Å²) in [6, 6.07) is 6.05. The van der Waals surface area contributed by atoms with Crippen LogP contribution in [0.5, 0.6) is 5.75 Å². The van der Waals surface area contributed by atoms with Crippen LogP contribution in [0.4, 0.5) is 4.39 Å². The second kappa shape index (κ2) is 5.23. The van der Waals surface area contributed by atoms with Gasteiger partial charge in [-0.1, -0.05) is 6.07 Å². The minimum atomic E-state index is -0.596. The molecule has 0 amide bonds. The number of rotatable bonds is 3.